The van der Waals surface area contributed by atoms with E-state index in [1.54, 1.807) is 12.1 Å². The second-order valence-electron chi connectivity index (χ2n) is 3.18. The number of carboxylic acids is 1. The molecule has 0 saturated carbocycles. The summed E-state index contributed by atoms with van der Waals surface area (Å²) in [5.74, 6) is -1.40. The number of alkyl halides is 1. The molecule has 1 N–H and O–H groups in total. The van der Waals surface area contributed by atoms with Crippen LogP contribution in [0.5, 0.6) is 0 Å². The Morgan fingerprint density at radius 3 is 2.29 bits per heavy atom. The van der Waals surface area contributed by atoms with Crippen molar-refractivity contribution < 1.29 is 14.3 Å². The van der Waals surface area contributed by atoms with Crippen LogP contribution in [0.3, 0.4) is 0 Å². The molecule has 76 valence electrons. The molecule has 0 aliphatic rings. The van der Waals surface area contributed by atoms with E-state index in [2.05, 4.69) is 0 Å². The van der Waals surface area contributed by atoms with Gasteiger partial charge >= 0.3 is 5.97 Å². The van der Waals surface area contributed by atoms with Crippen LogP contribution in [0.1, 0.15) is 18.1 Å². The highest BCUT2D eigenvalue weighted by Gasteiger charge is 2.15. The first kappa shape index (κ1) is 10.7. The summed E-state index contributed by atoms with van der Waals surface area (Å²) in [6.45, 7) is 2.03. The molecule has 1 atom stereocenters. The number of aliphatic carboxylic acids is 1. The number of hydrogen-bond donors (Lipinski definition) is 1. The molecule has 14 heavy (non-hydrogen) atoms. The SMILES string of the molecule is CCc1ccc(CC(F)C(=O)O)cc1. The number of halogens is 1. The van der Waals surface area contributed by atoms with Gasteiger partial charge in [0.25, 0.3) is 0 Å². The largest absolute Gasteiger partial charge is 0.479 e. The topological polar surface area (TPSA) is 37.3 Å². The van der Waals surface area contributed by atoms with Gasteiger partial charge in [0.05, 0.1) is 0 Å². The summed E-state index contributed by atoms with van der Waals surface area (Å²) in [7, 11) is 0. The number of carboxylic acid groups (broad SMARTS) is 1. The number of hydrogen-bond acceptors (Lipinski definition) is 1. The number of aryl methyl sites for hydroxylation is 1. The molecule has 1 aromatic carbocycles. The van der Waals surface area contributed by atoms with Gasteiger partial charge in [-0.1, -0.05) is 31.2 Å². The van der Waals surface area contributed by atoms with Crippen molar-refractivity contribution in [2.75, 3.05) is 0 Å². The van der Waals surface area contributed by atoms with Crippen LogP contribution < -0.4 is 0 Å². The molecule has 0 aliphatic heterocycles. The lowest BCUT2D eigenvalue weighted by molar-refractivity contribution is -0.142. The molecule has 2 nitrogen and oxygen atoms in total. The van der Waals surface area contributed by atoms with E-state index in [9.17, 15) is 9.18 Å². The molecule has 0 amide bonds. The van der Waals surface area contributed by atoms with Gasteiger partial charge in [-0.3, -0.25) is 0 Å². The van der Waals surface area contributed by atoms with Crippen LogP contribution in [0.25, 0.3) is 0 Å². The minimum atomic E-state index is -1.80. The molecule has 0 fully saturated rings. The normalized spacial score (nSPS) is 12.4. The van der Waals surface area contributed by atoms with Crippen molar-refractivity contribution in [2.24, 2.45) is 0 Å². The number of benzene rings is 1. The maximum absolute atomic E-state index is 12.8. The summed E-state index contributed by atoms with van der Waals surface area (Å²) < 4.78 is 12.8. The van der Waals surface area contributed by atoms with Gasteiger partial charge in [-0.15, -0.1) is 0 Å². The maximum Gasteiger partial charge on any atom is 0.338 e. The zero-order valence-electron chi connectivity index (χ0n) is 8.03. The van der Waals surface area contributed by atoms with E-state index in [0.717, 1.165) is 12.0 Å². The van der Waals surface area contributed by atoms with E-state index < -0.39 is 12.1 Å². The molecule has 0 saturated heterocycles. The summed E-state index contributed by atoms with van der Waals surface area (Å²) in [5, 5.41) is 8.37. The summed E-state index contributed by atoms with van der Waals surface area (Å²) in [4.78, 5) is 10.3. The van der Waals surface area contributed by atoms with E-state index in [1.807, 2.05) is 19.1 Å². The van der Waals surface area contributed by atoms with Gasteiger partial charge in [-0.2, -0.15) is 0 Å². The van der Waals surface area contributed by atoms with Crippen molar-refractivity contribution in [1.82, 2.24) is 0 Å². The second kappa shape index (κ2) is 4.74. The Hall–Kier alpha value is -1.38. The van der Waals surface area contributed by atoms with Crippen molar-refractivity contribution >= 4 is 5.97 Å². The van der Waals surface area contributed by atoms with Gasteiger partial charge in [-0.05, 0) is 17.5 Å². The van der Waals surface area contributed by atoms with E-state index in [1.165, 1.54) is 5.56 Å². The molecule has 0 spiro atoms. The molecular weight excluding hydrogens is 183 g/mol. The first-order valence-electron chi connectivity index (χ1n) is 4.58. The van der Waals surface area contributed by atoms with Gasteiger partial charge in [-0.25, -0.2) is 9.18 Å². The number of carbonyl (C=O) groups is 1. The Kier molecular flexibility index (Phi) is 3.63. The number of rotatable bonds is 4. The molecule has 1 rings (SSSR count). The van der Waals surface area contributed by atoms with Gasteiger partial charge in [0.1, 0.15) is 0 Å². The van der Waals surface area contributed by atoms with Crippen LogP contribution in [0.2, 0.25) is 0 Å². The fourth-order valence-electron chi connectivity index (χ4n) is 1.21. The third-order valence-corrected chi connectivity index (χ3v) is 2.11. The average Bonchev–Trinajstić information content (AvgIpc) is 2.19. The molecule has 0 heterocycles. The van der Waals surface area contributed by atoms with E-state index in [-0.39, 0.29) is 6.42 Å². The van der Waals surface area contributed by atoms with E-state index in [0.29, 0.717) is 0 Å². The van der Waals surface area contributed by atoms with Gasteiger partial charge in [0.2, 0.25) is 6.17 Å². The van der Waals surface area contributed by atoms with Gasteiger partial charge < -0.3 is 5.11 Å². The quantitative estimate of drug-likeness (QED) is 0.801. The van der Waals surface area contributed by atoms with Crippen LogP contribution in [0.15, 0.2) is 24.3 Å². The first-order chi connectivity index (χ1) is 6.63. The molecule has 0 bridgehead atoms. The molecule has 0 aliphatic carbocycles. The van der Waals surface area contributed by atoms with Gasteiger partial charge in [0.15, 0.2) is 0 Å². The molecule has 3 heteroatoms. The third-order valence-electron chi connectivity index (χ3n) is 2.11. The molecule has 1 aromatic rings. The summed E-state index contributed by atoms with van der Waals surface area (Å²) in [6, 6.07) is 7.33. The lowest BCUT2D eigenvalue weighted by atomic mass is 10.1. The highest BCUT2D eigenvalue weighted by molar-refractivity contribution is 5.72. The van der Waals surface area contributed by atoms with Crippen molar-refractivity contribution in [3.63, 3.8) is 0 Å². The molecule has 0 radical (unpaired) electrons. The first-order valence-corrected chi connectivity index (χ1v) is 4.58. The Labute approximate surface area is 82.4 Å². The fraction of sp³-hybridized carbons (Fsp3) is 0.364. The van der Waals surface area contributed by atoms with Crippen molar-refractivity contribution in [1.29, 1.82) is 0 Å². The highest BCUT2D eigenvalue weighted by atomic mass is 19.1. The minimum absolute atomic E-state index is 0.0562. The summed E-state index contributed by atoms with van der Waals surface area (Å²) in [5.41, 5.74) is 1.89. The molecular formula is C11H13FO2. The zero-order chi connectivity index (χ0) is 10.6. The van der Waals surface area contributed by atoms with Crippen molar-refractivity contribution in [3.8, 4) is 0 Å². The Morgan fingerprint density at radius 1 is 1.36 bits per heavy atom. The van der Waals surface area contributed by atoms with Crippen LogP contribution in [-0.2, 0) is 17.6 Å². The summed E-state index contributed by atoms with van der Waals surface area (Å²) >= 11 is 0. The Morgan fingerprint density at radius 2 is 1.86 bits per heavy atom. The maximum atomic E-state index is 12.8. The average molecular weight is 196 g/mol. The lowest BCUT2D eigenvalue weighted by Crippen LogP contribution is -2.17. The van der Waals surface area contributed by atoms with E-state index >= 15 is 0 Å². The highest BCUT2D eigenvalue weighted by Crippen LogP contribution is 2.09. The lowest BCUT2D eigenvalue weighted by Gasteiger charge is -2.04. The predicted molar refractivity (Wildman–Crippen MR) is 52.1 cm³/mol. The molecule has 0 aromatic heterocycles. The van der Waals surface area contributed by atoms with Crippen LogP contribution in [0.4, 0.5) is 4.39 Å². The standard InChI is InChI=1S/C11H13FO2/c1-2-8-3-5-9(6-4-8)7-10(12)11(13)14/h3-6,10H,2,7H2,1H3,(H,13,14). The van der Waals surface area contributed by atoms with Crippen LogP contribution in [0, 0.1) is 0 Å². The smallest absolute Gasteiger partial charge is 0.338 e. The monoisotopic (exact) mass is 196 g/mol. The van der Waals surface area contributed by atoms with Gasteiger partial charge in [0, 0.05) is 6.42 Å². The third kappa shape index (κ3) is 2.83. The van der Waals surface area contributed by atoms with Crippen molar-refractivity contribution in [2.45, 2.75) is 25.9 Å². The summed E-state index contributed by atoms with van der Waals surface area (Å²) in [6.07, 6.45) is -0.931. The van der Waals surface area contributed by atoms with Crippen molar-refractivity contribution in [3.05, 3.63) is 35.4 Å². The minimum Gasteiger partial charge on any atom is -0.479 e. The Balaban J connectivity index is 2.64. The second-order valence-corrected chi connectivity index (χ2v) is 3.18. The van der Waals surface area contributed by atoms with Crippen LogP contribution >= 0.6 is 0 Å². The fourth-order valence-corrected chi connectivity index (χ4v) is 1.21. The predicted octanol–water partition coefficient (Wildman–Crippen LogP) is 2.21. The molecule has 1 unspecified atom stereocenters. The van der Waals surface area contributed by atoms with Crippen LogP contribution in [-0.4, -0.2) is 17.2 Å². The van der Waals surface area contributed by atoms with E-state index in [4.69, 9.17) is 5.11 Å². The zero-order valence-corrected chi connectivity index (χ0v) is 8.03. The Bertz CT molecular complexity index is 306.